The molecule has 0 aliphatic carbocycles. The van der Waals surface area contributed by atoms with Crippen molar-refractivity contribution >= 4 is 17.4 Å². The van der Waals surface area contributed by atoms with Crippen LogP contribution in [0, 0.1) is 0 Å². The molecule has 12 heavy (non-hydrogen) atoms. The smallest absolute Gasteiger partial charge is 0.319 e. The number of rotatable bonds is 0. The molecule has 0 spiro atoms. The Hall–Kier alpha value is -1.71. The fraction of sp³-hybridized carbons (Fsp3) is 0.125. The van der Waals surface area contributed by atoms with Gasteiger partial charge in [0.25, 0.3) is 0 Å². The maximum atomic E-state index is 10.9. The van der Waals surface area contributed by atoms with Gasteiger partial charge in [0.1, 0.15) is 0 Å². The molecule has 0 bridgehead atoms. The quantitative estimate of drug-likeness (QED) is 0.497. The molecule has 2 rings (SSSR count). The second kappa shape index (κ2) is 2.41. The highest BCUT2D eigenvalue weighted by Crippen LogP contribution is 2.20. The van der Waals surface area contributed by atoms with Gasteiger partial charge in [-0.15, -0.1) is 0 Å². The van der Waals surface area contributed by atoms with E-state index in [1.807, 2.05) is 12.1 Å². The molecule has 1 aliphatic rings. The van der Waals surface area contributed by atoms with Gasteiger partial charge in [-0.25, -0.2) is 4.79 Å². The van der Waals surface area contributed by atoms with Crippen LogP contribution in [0.1, 0.15) is 5.56 Å². The number of nitrogens with one attached hydrogen (secondary N) is 2. The van der Waals surface area contributed by atoms with Gasteiger partial charge in [0.05, 0.1) is 0 Å². The number of hydrogen-bond donors (Lipinski definition) is 3. The lowest BCUT2D eigenvalue weighted by Crippen LogP contribution is -2.33. The molecule has 0 radical (unpaired) electrons. The summed E-state index contributed by atoms with van der Waals surface area (Å²) in [6, 6.07) is 5.27. The van der Waals surface area contributed by atoms with E-state index >= 15 is 0 Å². The second-order valence-corrected chi connectivity index (χ2v) is 2.72. The van der Waals surface area contributed by atoms with Crippen LogP contribution < -0.4 is 16.4 Å². The topological polar surface area (TPSA) is 67.1 Å². The van der Waals surface area contributed by atoms with Crippen molar-refractivity contribution < 1.29 is 4.79 Å². The second-order valence-electron chi connectivity index (χ2n) is 2.72. The van der Waals surface area contributed by atoms with Crippen LogP contribution in [0.25, 0.3) is 0 Å². The number of nitrogens with two attached hydrogens (primary N) is 1. The van der Waals surface area contributed by atoms with E-state index in [2.05, 4.69) is 10.6 Å². The highest BCUT2D eigenvalue weighted by atomic mass is 16.2. The lowest BCUT2D eigenvalue weighted by molar-refractivity contribution is 0.251. The minimum absolute atomic E-state index is 0.160. The zero-order valence-electron chi connectivity index (χ0n) is 6.42. The third kappa shape index (κ3) is 1.07. The lowest BCUT2D eigenvalue weighted by Gasteiger charge is -2.18. The minimum atomic E-state index is -0.160. The summed E-state index contributed by atoms with van der Waals surface area (Å²) >= 11 is 0. The van der Waals surface area contributed by atoms with E-state index in [-0.39, 0.29) is 6.03 Å². The van der Waals surface area contributed by atoms with Crippen molar-refractivity contribution in [1.82, 2.24) is 5.32 Å². The third-order valence-corrected chi connectivity index (χ3v) is 1.82. The first-order valence-electron chi connectivity index (χ1n) is 3.69. The number of carbonyl (C=O) groups is 1. The number of urea groups is 1. The number of fused-ring (bicyclic) bond motifs is 1. The Labute approximate surface area is 69.8 Å². The fourth-order valence-electron chi connectivity index (χ4n) is 1.22. The van der Waals surface area contributed by atoms with E-state index in [4.69, 9.17) is 5.73 Å². The Morgan fingerprint density at radius 1 is 1.42 bits per heavy atom. The van der Waals surface area contributed by atoms with Gasteiger partial charge in [-0.3, -0.25) is 0 Å². The van der Waals surface area contributed by atoms with Gasteiger partial charge in [-0.1, -0.05) is 0 Å². The Morgan fingerprint density at radius 3 is 3.08 bits per heavy atom. The van der Waals surface area contributed by atoms with E-state index in [0.29, 0.717) is 12.2 Å². The standard InChI is InChI=1S/C8H9N3O/c9-6-1-2-7-5(3-6)4-10-8(12)11-7/h1-3H,4,9H2,(H2,10,11,12). The van der Waals surface area contributed by atoms with Crippen molar-refractivity contribution in [1.29, 1.82) is 0 Å². The monoisotopic (exact) mass is 163 g/mol. The molecule has 4 heteroatoms. The van der Waals surface area contributed by atoms with E-state index in [1.165, 1.54) is 0 Å². The fourth-order valence-corrected chi connectivity index (χ4v) is 1.22. The van der Waals surface area contributed by atoms with E-state index in [1.54, 1.807) is 6.07 Å². The summed E-state index contributed by atoms with van der Waals surface area (Å²) in [6.45, 7) is 0.548. The maximum absolute atomic E-state index is 10.9. The average Bonchev–Trinajstić information content (AvgIpc) is 2.05. The van der Waals surface area contributed by atoms with Crippen LogP contribution in [0.3, 0.4) is 0 Å². The molecule has 4 nitrogen and oxygen atoms in total. The number of benzene rings is 1. The first kappa shape index (κ1) is 6.97. The van der Waals surface area contributed by atoms with Crippen LogP contribution in [-0.2, 0) is 6.54 Å². The largest absolute Gasteiger partial charge is 0.399 e. The molecule has 4 N–H and O–H groups in total. The Kier molecular flexibility index (Phi) is 1.40. The van der Waals surface area contributed by atoms with E-state index in [0.717, 1.165) is 11.3 Å². The summed E-state index contributed by atoms with van der Waals surface area (Å²) in [6.07, 6.45) is 0. The average molecular weight is 163 g/mol. The summed E-state index contributed by atoms with van der Waals surface area (Å²) in [7, 11) is 0. The van der Waals surface area contributed by atoms with Crippen LogP contribution in [0.15, 0.2) is 18.2 Å². The number of nitrogen functional groups attached to an aromatic ring is 1. The van der Waals surface area contributed by atoms with E-state index < -0.39 is 0 Å². The van der Waals surface area contributed by atoms with Gasteiger partial charge in [-0.2, -0.15) is 0 Å². The highest BCUT2D eigenvalue weighted by Gasteiger charge is 2.12. The third-order valence-electron chi connectivity index (χ3n) is 1.82. The van der Waals surface area contributed by atoms with Gasteiger partial charge in [-0.05, 0) is 23.8 Å². The first-order valence-corrected chi connectivity index (χ1v) is 3.69. The molecule has 0 unspecified atom stereocenters. The number of amides is 2. The van der Waals surface area contributed by atoms with Crippen LogP contribution in [0.4, 0.5) is 16.2 Å². The van der Waals surface area contributed by atoms with Crippen molar-refractivity contribution in [2.24, 2.45) is 0 Å². The SMILES string of the molecule is Nc1ccc2c(c1)CNC(=O)N2. The van der Waals surface area contributed by atoms with Crippen LogP contribution in [-0.4, -0.2) is 6.03 Å². The number of hydrogen-bond acceptors (Lipinski definition) is 2. The van der Waals surface area contributed by atoms with Gasteiger partial charge in [0.2, 0.25) is 0 Å². The van der Waals surface area contributed by atoms with Gasteiger partial charge in [0, 0.05) is 17.9 Å². The molecular weight excluding hydrogens is 154 g/mol. The molecule has 62 valence electrons. The van der Waals surface area contributed by atoms with Crippen molar-refractivity contribution in [3.8, 4) is 0 Å². The molecule has 0 aromatic heterocycles. The predicted molar refractivity (Wildman–Crippen MR) is 46.7 cm³/mol. The van der Waals surface area contributed by atoms with Crippen LogP contribution >= 0.6 is 0 Å². The Bertz CT molecular complexity index is 335. The van der Waals surface area contributed by atoms with E-state index in [9.17, 15) is 4.79 Å². The molecular formula is C8H9N3O. The molecule has 2 amide bonds. The molecule has 1 heterocycles. The lowest BCUT2D eigenvalue weighted by atomic mass is 10.1. The molecule has 0 saturated heterocycles. The Balaban J connectivity index is 2.43. The molecule has 0 saturated carbocycles. The van der Waals surface area contributed by atoms with Crippen molar-refractivity contribution in [3.63, 3.8) is 0 Å². The van der Waals surface area contributed by atoms with Crippen molar-refractivity contribution in [2.75, 3.05) is 11.1 Å². The van der Waals surface area contributed by atoms with Crippen LogP contribution in [0.5, 0.6) is 0 Å². The molecule has 1 aliphatic heterocycles. The Morgan fingerprint density at radius 2 is 2.25 bits per heavy atom. The van der Waals surface area contributed by atoms with Crippen molar-refractivity contribution in [3.05, 3.63) is 23.8 Å². The van der Waals surface area contributed by atoms with Gasteiger partial charge >= 0.3 is 6.03 Å². The number of anilines is 2. The summed E-state index contributed by atoms with van der Waals surface area (Å²) < 4.78 is 0. The van der Waals surface area contributed by atoms with Gasteiger partial charge < -0.3 is 16.4 Å². The minimum Gasteiger partial charge on any atom is -0.399 e. The number of carbonyl (C=O) groups excluding carboxylic acids is 1. The zero-order valence-corrected chi connectivity index (χ0v) is 6.42. The zero-order chi connectivity index (χ0) is 8.55. The van der Waals surface area contributed by atoms with Crippen LogP contribution in [0.2, 0.25) is 0 Å². The maximum Gasteiger partial charge on any atom is 0.319 e. The summed E-state index contributed by atoms with van der Waals surface area (Å²) in [4.78, 5) is 10.9. The normalized spacial score (nSPS) is 14.5. The summed E-state index contributed by atoms with van der Waals surface area (Å²) in [5.74, 6) is 0. The summed E-state index contributed by atoms with van der Waals surface area (Å²) in [5, 5.41) is 5.34. The molecule has 0 fully saturated rings. The predicted octanol–water partition coefficient (Wildman–Crippen LogP) is 0.904. The van der Waals surface area contributed by atoms with Crippen molar-refractivity contribution in [2.45, 2.75) is 6.54 Å². The highest BCUT2D eigenvalue weighted by molar-refractivity contribution is 5.92. The van der Waals surface area contributed by atoms with Gasteiger partial charge in [0.15, 0.2) is 0 Å². The molecule has 1 aromatic carbocycles. The first-order chi connectivity index (χ1) is 5.75. The molecule has 0 atom stereocenters. The molecule has 1 aromatic rings. The summed E-state index contributed by atoms with van der Waals surface area (Å²) in [5.41, 5.74) is 8.15.